The summed E-state index contributed by atoms with van der Waals surface area (Å²) in [7, 11) is 2.16. The highest BCUT2D eigenvalue weighted by molar-refractivity contribution is 5.79. The largest absolute Gasteiger partial charge is 0.353 e. The van der Waals surface area contributed by atoms with Gasteiger partial charge in [0.2, 0.25) is 5.91 Å². The average Bonchev–Trinajstić information content (AvgIpc) is 3.26. The molecule has 4 fully saturated rings. The summed E-state index contributed by atoms with van der Waals surface area (Å²) in [5.41, 5.74) is 6.90. The van der Waals surface area contributed by atoms with Gasteiger partial charge in [-0.15, -0.1) is 0 Å². The Morgan fingerprint density at radius 3 is 2.74 bits per heavy atom. The second-order valence-electron chi connectivity index (χ2n) is 10.8. The number of hydrazine groups is 1. The lowest BCUT2D eigenvalue weighted by atomic mass is 9.81. The number of hydrogen-bond acceptors (Lipinski definition) is 8. The molecule has 2 saturated carbocycles. The number of amides is 1. The van der Waals surface area contributed by atoms with E-state index in [0.717, 1.165) is 64.7 Å². The molecule has 2 saturated heterocycles. The molecule has 6 N–H and O–H groups in total. The van der Waals surface area contributed by atoms with Gasteiger partial charge in [0.25, 0.3) is 0 Å². The van der Waals surface area contributed by atoms with Gasteiger partial charge in [0.1, 0.15) is 0 Å². The topological polar surface area (TPSA) is 102 Å². The molecule has 0 aromatic heterocycles. The summed E-state index contributed by atoms with van der Waals surface area (Å²) in [5, 5.41) is 13.9. The fraction of sp³-hybridized carbons (Fsp3) is 0.958. The number of rotatable bonds is 10. The molecule has 6 atom stereocenters. The first kappa shape index (κ1) is 26.2. The maximum Gasteiger partial charge on any atom is 0.223 e. The Kier molecular flexibility index (Phi) is 10.3. The number of nitrogens with one attached hydrogen (secondary N) is 6. The van der Waals surface area contributed by atoms with E-state index >= 15 is 0 Å². The zero-order chi connectivity index (χ0) is 23.8. The maximum atomic E-state index is 13.2. The van der Waals surface area contributed by atoms with Crippen molar-refractivity contribution in [3.8, 4) is 0 Å². The van der Waals surface area contributed by atoms with Crippen LogP contribution in [0, 0.1) is 11.8 Å². The zero-order valence-corrected chi connectivity index (χ0v) is 20.8. The van der Waals surface area contributed by atoms with Crippen molar-refractivity contribution in [2.24, 2.45) is 11.8 Å². The van der Waals surface area contributed by atoms with E-state index in [1.54, 1.807) is 0 Å². The van der Waals surface area contributed by atoms with Gasteiger partial charge in [-0.2, -0.15) is 4.94 Å². The van der Waals surface area contributed by atoms with Crippen LogP contribution in [0.5, 0.6) is 0 Å². The smallest absolute Gasteiger partial charge is 0.223 e. The lowest BCUT2D eigenvalue weighted by molar-refractivity contribution is -0.138. The first-order valence-electron chi connectivity index (χ1n) is 13.6. The normalized spacial score (nSPS) is 34.7. The van der Waals surface area contributed by atoms with Gasteiger partial charge in [-0.05, 0) is 69.0 Å². The molecule has 4 aliphatic rings. The summed E-state index contributed by atoms with van der Waals surface area (Å²) in [6.45, 7) is 2.79. The van der Waals surface area contributed by atoms with Crippen molar-refractivity contribution < 1.29 is 14.3 Å². The molecule has 0 aromatic carbocycles. The van der Waals surface area contributed by atoms with Gasteiger partial charge in [-0.3, -0.25) is 15.0 Å². The number of likely N-dealkylation sites (N-methyl/N-ethyl adjacent to an activating group) is 1. The highest BCUT2D eigenvalue weighted by Crippen LogP contribution is 2.30. The molecule has 2 heterocycles. The van der Waals surface area contributed by atoms with E-state index in [9.17, 15) is 9.32 Å². The number of carbonyl (C=O) groups excluding carboxylic acids is 1. The maximum absolute atomic E-state index is 13.2. The molecule has 196 valence electrons. The van der Waals surface area contributed by atoms with E-state index in [2.05, 4.69) is 49.0 Å². The summed E-state index contributed by atoms with van der Waals surface area (Å²) in [4.78, 5) is 19.4. The standard InChI is InChI=1S/C24H46FN7O2/c1-32-22(30-31-23(32)21-10-12-26-16-28-21)15-27-19-9-5-8-18(14-19)24(33)29-20(11-13-34-25)17-6-3-2-4-7-17/h17-23,26-28,30-31H,2-16H2,1H3,(H,29,33). The van der Waals surface area contributed by atoms with E-state index in [1.165, 1.54) is 19.3 Å². The van der Waals surface area contributed by atoms with Crippen LogP contribution in [0.15, 0.2) is 0 Å². The summed E-state index contributed by atoms with van der Waals surface area (Å²) in [5.74, 6) is 0.627. The van der Waals surface area contributed by atoms with E-state index in [1.807, 2.05) is 0 Å². The van der Waals surface area contributed by atoms with Crippen LogP contribution in [0.1, 0.15) is 70.6 Å². The van der Waals surface area contributed by atoms with E-state index in [4.69, 9.17) is 0 Å². The molecule has 0 bridgehead atoms. The van der Waals surface area contributed by atoms with Crippen molar-refractivity contribution in [3.63, 3.8) is 0 Å². The Hall–Kier alpha value is -0.880. The fourth-order valence-electron chi connectivity index (χ4n) is 6.41. The Labute approximate surface area is 203 Å². The van der Waals surface area contributed by atoms with Gasteiger partial charge in [0.15, 0.2) is 0 Å². The molecule has 34 heavy (non-hydrogen) atoms. The molecule has 2 aliphatic carbocycles. The minimum atomic E-state index is 0.0276. The van der Waals surface area contributed by atoms with Crippen LogP contribution in [0.4, 0.5) is 4.53 Å². The quantitative estimate of drug-likeness (QED) is 0.275. The Bertz CT molecular complexity index is 618. The highest BCUT2D eigenvalue weighted by atomic mass is 19.3. The molecule has 1 amide bonds. The minimum absolute atomic E-state index is 0.0276. The Morgan fingerprint density at radius 2 is 1.97 bits per heavy atom. The number of nitrogens with zero attached hydrogens (tertiary/aromatic N) is 1. The summed E-state index contributed by atoms with van der Waals surface area (Å²) in [6, 6.07) is 0.796. The van der Waals surface area contributed by atoms with Crippen LogP contribution in [-0.2, 0) is 9.74 Å². The van der Waals surface area contributed by atoms with Crippen molar-refractivity contribution in [2.45, 2.75) is 101 Å². The van der Waals surface area contributed by atoms with E-state index in [-0.39, 0.29) is 36.8 Å². The van der Waals surface area contributed by atoms with E-state index < -0.39 is 0 Å². The molecule has 0 aromatic rings. The van der Waals surface area contributed by atoms with Gasteiger partial charge < -0.3 is 16.0 Å². The molecule has 0 spiro atoms. The molecule has 9 nitrogen and oxygen atoms in total. The fourth-order valence-corrected chi connectivity index (χ4v) is 6.41. The van der Waals surface area contributed by atoms with Crippen molar-refractivity contribution in [1.29, 1.82) is 0 Å². The van der Waals surface area contributed by atoms with Crippen LogP contribution in [0.3, 0.4) is 0 Å². The monoisotopic (exact) mass is 483 g/mol. The Morgan fingerprint density at radius 1 is 1.12 bits per heavy atom. The third-order valence-corrected chi connectivity index (χ3v) is 8.53. The van der Waals surface area contributed by atoms with Crippen LogP contribution in [0.25, 0.3) is 0 Å². The first-order valence-corrected chi connectivity index (χ1v) is 13.6. The predicted molar refractivity (Wildman–Crippen MR) is 130 cm³/mol. The molecule has 4 rings (SSSR count). The van der Waals surface area contributed by atoms with Crippen LogP contribution < -0.4 is 32.1 Å². The number of carbonyl (C=O) groups is 1. The average molecular weight is 484 g/mol. The van der Waals surface area contributed by atoms with E-state index in [0.29, 0.717) is 24.4 Å². The van der Waals surface area contributed by atoms with Gasteiger partial charge in [0.05, 0.1) is 18.9 Å². The molecule has 0 radical (unpaired) electrons. The van der Waals surface area contributed by atoms with Crippen molar-refractivity contribution in [2.75, 3.05) is 33.4 Å². The van der Waals surface area contributed by atoms with Crippen LogP contribution in [-0.4, -0.2) is 74.7 Å². The number of halogens is 1. The SMILES string of the molecule is CN1C(CNC2CCCC(C(=O)NC(CCOF)C3CCCCC3)C2)NNC1C1CCNCN1. The van der Waals surface area contributed by atoms with Gasteiger partial charge in [0, 0.05) is 37.3 Å². The lowest BCUT2D eigenvalue weighted by Crippen LogP contribution is -2.58. The second-order valence-corrected chi connectivity index (χ2v) is 10.8. The third kappa shape index (κ3) is 7.09. The van der Waals surface area contributed by atoms with Crippen LogP contribution >= 0.6 is 0 Å². The highest BCUT2D eigenvalue weighted by Gasteiger charge is 2.36. The van der Waals surface area contributed by atoms with Crippen LogP contribution in [0.2, 0.25) is 0 Å². The minimum Gasteiger partial charge on any atom is -0.353 e. The molecule has 10 heteroatoms. The zero-order valence-electron chi connectivity index (χ0n) is 20.8. The molecular formula is C24H46FN7O2. The summed E-state index contributed by atoms with van der Waals surface area (Å²) in [6.07, 6.45) is 12.0. The molecular weight excluding hydrogens is 437 g/mol. The predicted octanol–water partition coefficient (Wildman–Crippen LogP) is 1.09. The van der Waals surface area contributed by atoms with Gasteiger partial charge in [-0.25, -0.2) is 10.9 Å². The van der Waals surface area contributed by atoms with Crippen molar-refractivity contribution >= 4 is 5.91 Å². The third-order valence-electron chi connectivity index (χ3n) is 8.53. The van der Waals surface area contributed by atoms with Gasteiger partial charge in [-0.1, -0.05) is 25.7 Å². The first-order chi connectivity index (χ1) is 16.7. The van der Waals surface area contributed by atoms with Crippen molar-refractivity contribution in [1.82, 2.24) is 37.0 Å². The van der Waals surface area contributed by atoms with Gasteiger partial charge >= 0.3 is 0 Å². The summed E-state index contributed by atoms with van der Waals surface area (Å²) < 4.78 is 12.4. The summed E-state index contributed by atoms with van der Waals surface area (Å²) >= 11 is 0. The van der Waals surface area contributed by atoms with Crippen molar-refractivity contribution in [3.05, 3.63) is 0 Å². The molecule has 6 unspecified atom stereocenters. The molecule has 2 aliphatic heterocycles. The lowest BCUT2D eigenvalue weighted by Gasteiger charge is -2.35. The number of hydrogen-bond donors (Lipinski definition) is 6. The second kappa shape index (κ2) is 13.4. The Balaban J connectivity index is 1.22.